The van der Waals surface area contributed by atoms with Crippen LogP contribution in [0.3, 0.4) is 0 Å². The molecule has 3 aromatic rings. The van der Waals surface area contributed by atoms with Gasteiger partial charge in [-0.1, -0.05) is 24.3 Å². The SMILES string of the molecule is O=C(NCCNc1ccc(C(F)(F)F)cn1)c1ccc2ccccc2n1. The Morgan fingerprint density at radius 3 is 2.54 bits per heavy atom. The van der Waals surface area contributed by atoms with Gasteiger partial charge < -0.3 is 10.6 Å². The van der Waals surface area contributed by atoms with Crippen LogP contribution in [0, 0.1) is 0 Å². The van der Waals surface area contributed by atoms with Crippen molar-refractivity contribution in [1.82, 2.24) is 15.3 Å². The highest BCUT2D eigenvalue weighted by Crippen LogP contribution is 2.28. The van der Waals surface area contributed by atoms with Crippen LogP contribution < -0.4 is 10.6 Å². The molecule has 2 N–H and O–H groups in total. The Hall–Kier alpha value is -3.16. The first-order valence-electron chi connectivity index (χ1n) is 7.84. The number of alkyl halides is 3. The molecule has 5 nitrogen and oxygen atoms in total. The molecule has 134 valence electrons. The average molecular weight is 360 g/mol. The molecule has 0 unspecified atom stereocenters. The first kappa shape index (κ1) is 17.7. The van der Waals surface area contributed by atoms with Crippen LogP contribution in [-0.2, 0) is 6.18 Å². The minimum atomic E-state index is -4.41. The van der Waals surface area contributed by atoms with Gasteiger partial charge in [0.25, 0.3) is 5.91 Å². The van der Waals surface area contributed by atoms with Crippen molar-refractivity contribution in [3.63, 3.8) is 0 Å². The zero-order valence-corrected chi connectivity index (χ0v) is 13.5. The number of aromatic nitrogens is 2. The zero-order chi connectivity index (χ0) is 18.6. The van der Waals surface area contributed by atoms with Gasteiger partial charge in [-0.25, -0.2) is 9.97 Å². The lowest BCUT2D eigenvalue weighted by atomic mass is 10.2. The Labute approximate surface area is 147 Å². The second kappa shape index (κ2) is 7.38. The molecular weight excluding hydrogens is 345 g/mol. The van der Waals surface area contributed by atoms with E-state index in [1.165, 1.54) is 6.07 Å². The zero-order valence-electron chi connectivity index (χ0n) is 13.5. The summed E-state index contributed by atoms with van der Waals surface area (Å²) in [5, 5.41) is 6.49. The van der Waals surface area contributed by atoms with E-state index in [4.69, 9.17) is 0 Å². The van der Waals surface area contributed by atoms with Crippen LogP contribution in [-0.4, -0.2) is 29.0 Å². The molecule has 0 atom stereocenters. The smallest absolute Gasteiger partial charge is 0.368 e. The maximum absolute atomic E-state index is 12.5. The summed E-state index contributed by atoms with van der Waals surface area (Å²) in [4.78, 5) is 20.1. The molecule has 1 aromatic carbocycles. The fourth-order valence-corrected chi connectivity index (χ4v) is 2.32. The number of benzene rings is 1. The van der Waals surface area contributed by atoms with E-state index in [2.05, 4.69) is 20.6 Å². The largest absolute Gasteiger partial charge is 0.417 e. The monoisotopic (exact) mass is 360 g/mol. The predicted molar refractivity (Wildman–Crippen MR) is 91.8 cm³/mol. The second-order valence-electron chi connectivity index (χ2n) is 5.50. The number of pyridine rings is 2. The summed E-state index contributed by atoms with van der Waals surface area (Å²) in [6, 6.07) is 13.1. The number of fused-ring (bicyclic) bond motifs is 1. The first-order valence-corrected chi connectivity index (χ1v) is 7.84. The van der Waals surface area contributed by atoms with E-state index in [-0.39, 0.29) is 12.5 Å². The Morgan fingerprint density at radius 1 is 1.00 bits per heavy atom. The summed E-state index contributed by atoms with van der Waals surface area (Å²) in [7, 11) is 0. The van der Waals surface area contributed by atoms with Crippen molar-refractivity contribution >= 4 is 22.6 Å². The van der Waals surface area contributed by atoms with Crippen molar-refractivity contribution in [2.75, 3.05) is 18.4 Å². The van der Waals surface area contributed by atoms with Gasteiger partial charge in [0.1, 0.15) is 11.5 Å². The van der Waals surface area contributed by atoms with Gasteiger partial charge >= 0.3 is 6.18 Å². The van der Waals surface area contributed by atoms with Crippen LogP contribution in [0.2, 0.25) is 0 Å². The Bertz CT molecular complexity index is 910. The number of anilines is 1. The second-order valence-corrected chi connectivity index (χ2v) is 5.50. The Balaban J connectivity index is 1.50. The highest BCUT2D eigenvalue weighted by molar-refractivity contribution is 5.94. The number of hydrogen-bond acceptors (Lipinski definition) is 4. The summed E-state index contributed by atoms with van der Waals surface area (Å²) >= 11 is 0. The van der Waals surface area contributed by atoms with E-state index in [0.29, 0.717) is 18.1 Å². The van der Waals surface area contributed by atoms with Crippen molar-refractivity contribution in [3.8, 4) is 0 Å². The molecule has 0 bridgehead atoms. The summed E-state index contributed by atoms with van der Waals surface area (Å²) in [5.74, 6) is -0.0194. The van der Waals surface area contributed by atoms with Gasteiger partial charge in [-0.05, 0) is 24.3 Å². The third kappa shape index (κ3) is 4.27. The Kier molecular flexibility index (Phi) is 5.01. The quantitative estimate of drug-likeness (QED) is 0.684. The highest BCUT2D eigenvalue weighted by atomic mass is 19.4. The van der Waals surface area contributed by atoms with E-state index in [0.717, 1.165) is 23.2 Å². The van der Waals surface area contributed by atoms with Gasteiger partial charge in [-0.3, -0.25) is 4.79 Å². The van der Waals surface area contributed by atoms with Crippen molar-refractivity contribution in [2.24, 2.45) is 0 Å². The molecule has 8 heteroatoms. The number of amides is 1. The van der Waals surface area contributed by atoms with E-state index >= 15 is 0 Å². The molecule has 0 saturated carbocycles. The van der Waals surface area contributed by atoms with E-state index in [1.807, 2.05) is 30.3 Å². The van der Waals surface area contributed by atoms with Gasteiger partial charge in [0, 0.05) is 24.7 Å². The molecule has 0 fully saturated rings. The maximum atomic E-state index is 12.5. The van der Waals surface area contributed by atoms with E-state index in [9.17, 15) is 18.0 Å². The molecule has 3 rings (SSSR count). The molecule has 0 spiro atoms. The molecule has 0 saturated heterocycles. The molecule has 0 radical (unpaired) electrons. The minimum absolute atomic E-state index is 0.274. The van der Waals surface area contributed by atoms with Gasteiger partial charge in [0.05, 0.1) is 11.1 Å². The van der Waals surface area contributed by atoms with Gasteiger partial charge in [0.2, 0.25) is 0 Å². The number of halogens is 3. The Morgan fingerprint density at radius 2 is 1.81 bits per heavy atom. The number of nitrogens with zero attached hydrogens (tertiary/aromatic N) is 2. The van der Waals surface area contributed by atoms with E-state index < -0.39 is 11.7 Å². The predicted octanol–water partition coefficient (Wildman–Crippen LogP) is 3.49. The average Bonchev–Trinajstić information content (AvgIpc) is 2.64. The van der Waals surface area contributed by atoms with Crippen LogP contribution in [0.25, 0.3) is 10.9 Å². The van der Waals surface area contributed by atoms with Gasteiger partial charge in [-0.2, -0.15) is 13.2 Å². The van der Waals surface area contributed by atoms with Gasteiger partial charge in [0.15, 0.2) is 0 Å². The number of hydrogen-bond donors (Lipinski definition) is 2. The third-order valence-corrected chi connectivity index (χ3v) is 3.64. The van der Waals surface area contributed by atoms with Crippen LogP contribution >= 0.6 is 0 Å². The number of carbonyl (C=O) groups excluding carboxylic acids is 1. The minimum Gasteiger partial charge on any atom is -0.368 e. The fraction of sp³-hybridized carbons (Fsp3) is 0.167. The summed E-state index contributed by atoms with van der Waals surface area (Å²) in [5.41, 5.74) is 0.224. The third-order valence-electron chi connectivity index (χ3n) is 3.64. The standard InChI is InChI=1S/C18H15F3N4O/c19-18(20,21)13-6-8-16(24-11-13)22-9-10-23-17(26)15-7-5-12-3-1-2-4-14(12)25-15/h1-8,11H,9-10H2,(H,22,24)(H,23,26). The van der Waals surface area contributed by atoms with Crippen LogP contribution in [0.15, 0.2) is 54.7 Å². The van der Waals surface area contributed by atoms with Crippen molar-refractivity contribution in [1.29, 1.82) is 0 Å². The molecule has 2 heterocycles. The van der Waals surface area contributed by atoms with Crippen LogP contribution in [0.1, 0.15) is 16.1 Å². The lowest BCUT2D eigenvalue weighted by Crippen LogP contribution is -2.29. The highest BCUT2D eigenvalue weighted by Gasteiger charge is 2.30. The number of carbonyl (C=O) groups is 1. The molecule has 1 amide bonds. The van der Waals surface area contributed by atoms with E-state index in [1.54, 1.807) is 6.07 Å². The molecule has 26 heavy (non-hydrogen) atoms. The fourth-order valence-electron chi connectivity index (χ4n) is 2.32. The van der Waals surface area contributed by atoms with Crippen molar-refractivity contribution in [3.05, 3.63) is 66.0 Å². The topological polar surface area (TPSA) is 66.9 Å². The van der Waals surface area contributed by atoms with Crippen molar-refractivity contribution in [2.45, 2.75) is 6.18 Å². The maximum Gasteiger partial charge on any atom is 0.417 e. The lowest BCUT2D eigenvalue weighted by molar-refractivity contribution is -0.137. The molecule has 0 aliphatic heterocycles. The summed E-state index contributed by atoms with van der Waals surface area (Å²) < 4.78 is 37.4. The molecular formula is C18H15F3N4O. The van der Waals surface area contributed by atoms with Crippen LogP contribution in [0.4, 0.5) is 19.0 Å². The number of rotatable bonds is 5. The summed E-state index contributed by atoms with van der Waals surface area (Å²) in [6.07, 6.45) is -3.65. The molecule has 2 aromatic heterocycles. The van der Waals surface area contributed by atoms with Gasteiger partial charge in [-0.15, -0.1) is 0 Å². The molecule has 0 aliphatic rings. The molecule has 0 aliphatic carbocycles. The van der Waals surface area contributed by atoms with Crippen LogP contribution in [0.5, 0.6) is 0 Å². The van der Waals surface area contributed by atoms with Crippen molar-refractivity contribution < 1.29 is 18.0 Å². The number of nitrogens with one attached hydrogen (secondary N) is 2. The summed E-state index contributed by atoms with van der Waals surface area (Å²) in [6.45, 7) is 0.591. The lowest BCUT2D eigenvalue weighted by Gasteiger charge is -2.09. The normalized spacial score (nSPS) is 11.3. The number of para-hydroxylation sites is 1. The first-order chi connectivity index (χ1) is 12.4.